The van der Waals surface area contributed by atoms with E-state index < -0.39 is 6.29 Å². The average molecular weight is 602 g/mol. The number of rotatable bonds is 9. The number of carbonyl (C=O) groups is 1. The van der Waals surface area contributed by atoms with Crippen LogP contribution in [0.3, 0.4) is 0 Å². The molecule has 1 aliphatic rings. The fourth-order valence-electron chi connectivity index (χ4n) is 5.96. The zero-order chi connectivity index (χ0) is 31.3. The van der Waals surface area contributed by atoms with Crippen molar-refractivity contribution in [2.45, 2.75) is 45.0 Å². The summed E-state index contributed by atoms with van der Waals surface area (Å²) in [6, 6.07) is 34.3. The summed E-state index contributed by atoms with van der Waals surface area (Å²) in [4.78, 5) is 19.2. The van der Waals surface area contributed by atoms with Crippen LogP contribution in [0.25, 0.3) is 10.8 Å². The minimum absolute atomic E-state index is 0.00920. The summed E-state index contributed by atoms with van der Waals surface area (Å²) in [5.41, 5.74) is 5.09. The molecule has 1 aliphatic heterocycles. The number of aliphatic hydroxyl groups excluding tert-OH is 1. The Morgan fingerprint density at radius 1 is 0.911 bits per heavy atom. The van der Waals surface area contributed by atoms with Gasteiger partial charge in [0.25, 0.3) is 5.91 Å². The molecule has 0 unspecified atom stereocenters. The molecule has 0 spiro atoms. The number of benzene rings is 4. The Hall–Kier alpha value is -4.40. The van der Waals surface area contributed by atoms with E-state index in [1.54, 1.807) is 24.5 Å². The van der Waals surface area contributed by atoms with Gasteiger partial charge in [-0.1, -0.05) is 79.7 Å². The lowest BCUT2D eigenvalue weighted by Gasteiger charge is -2.43. The number of aromatic nitrogens is 1. The van der Waals surface area contributed by atoms with Crippen LogP contribution in [-0.4, -0.2) is 40.6 Å². The molecule has 0 bridgehead atoms. The van der Waals surface area contributed by atoms with E-state index in [2.05, 4.69) is 78.6 Å². The first-order valence-corrected chi connectivity index (χ1v) is 15.4. The van der Waals surface area contributed by atoms with Gasteiger partial charge in [-0.15, -0.1) is 0 Å². The largest absolute Gasteiger partial charge is 0.392 e. The Bertz CT molecular complexity index is 1740. The topological polar surface area (TPSA) is 83.9 Å². The molecule has 45 heavy (non-hydrogen) atoms. The molecule has 0 radical (unpaired) electrons. The Labute approximate surface area is 264 Å². The quantitative estimate of drug-likeness (QED) is 0.182. The van der Waals surface area contributed by atoms with Crippen LogP contribution in [0.5, 0.6) is 0 Å². The minimum Gasteiger partial charge on any atom is -0.392 e. The van der Waals surface area contributed by atoms with Gasteiger partial charge in [0.1, 0.15) is 0 Å². The molecule has 1 aromatic heterocycles. The minimum atomic E-state index is -0.645. The standard InChI is InChI=1S/C38H39N3O4/c1-25-35(23-41(3)26(2)30-18-17-28-8-4-5-9-31(28)20-30)44-38(45-36(25)29-15-13-27(24-42)14-16-29)32-10-6-12-34(21-32)40-37(43)33-11-7-19-39-22-33/h4-22,25-26,35-36,38,42H,23-24H2,1-3H3,(H,40,43)/t25-,26+,35+,36+,38+/m0/s1. The second kappa shape index (κ2) is 13.7. The first-order chi connectivity index (χ1) is 21.9. The molecule has 7 heteroatoms. The Kier molecular flexibility index (Phi) is 9.33. The second-order valence-corrected chi connectivity index (χ2v) is 11.9. The van der Waals surface area contributed by atoms with Crippen molar-refractivity contribution < 1.29 is 19.4 Å². The van der Waals surface area contributed by atoms with Gasteiger partial charge in [0.2, 0.25) is 0 Å². The number of likely N-dealkylation sites (N-methyl/N-ethyl adjacent to an activating group) is 1. The highest BCUT2D eigenvalue weighted by atomic mass is 16.7. The summed E-state index contributed by atoms with van der Waals surface area (Å²) in [6.45, 7) is 5.08. The Morgan fingerprint density at radius 2 is 1.71 bits per heavy atom. The van der Waals surface area contributed by atoms with E-state index in [9.17, 15) is 9.90 Å². The van der Waals surface area contributed by atoms with Gasteiger partial charge >= 0.3 is 0 Å². The fourth-order valence-corrected chi connectivity index (χ4v) is 5.96. The van der Waals surface area contributed by atoms with Gasteiger partial charge in [-0.25, -0.2) is 0 Å². The summed E-state index contributed by atoms with van der Waals surface area (Å²) < 4.78 is 13.4. The van der Waals surface area contributed by atoms with Crippen molar-refractivity contribution in [3.8, 4) is 0 Å². The summed E-state index contributed by atoms with van der Waals surface area (Å²) >= 11 is 0. The Morgan fingerprint density at radius 3 is 2.47 bits per heavy atom. The Balaban J connectivity index is 1.25. The highest BCUT2D eigenvalue weighted by molar-refractivity contribution is 6.04. The van der Waals surface area contributed by atoms with E-state index in [-0.39, 0.29) is 36.7 Å². The number of pyridine rings is 1. The van der Waals surface area contributed by atoms with E-state index in [1.165, 1.54) is 16.3 Å². The molecule has 230 valence electrons. The van der Waals surface area contributed by atoms with Gasteiger partial charge in [0.05, 0.1) is 24.4 Å². The van der Waals surface area contributed by atoms with Crippen LogP contribution in [0.1, 0.15) is 64.9 Å². The molecule has 1 fully saturated rings. The number of nitrogens with zero attached hydrogens (tertiary/aromatic N) is 2. The zero-order valence-corrected chi connectivity index (χ0v) is 25.8. The van der Waals surface area contributed by atoms with Crippen molar-refractivity contribution in [2.75, 3.05) is 18.9 Å². The molecule has 5 aromatic rings. The van der Waals surface area contributed by atoms with Crippen LogP contribution in [0.4, 0.5) is 5.69 Å². The lowest BCUT2D eigenvalue weighted by Crippen LogP contribution is -2.44. The summed E-state index contributed by atoms with van der Waals surface area (Å²) in [5, 5.41) is 15.0. The van der Waals surface area contributed by atoms with Crippen molar-refractivity contribution >= 4 is 22.4 Å². The number of aliphatic hydroxyl groups is 1. The molecule has 2 N–H and O–H groups in total. The van der Waals surface area contributed by atoms with Crippen LogP contribution in [0, 0.1) is 5.92 Å². The smallest absolute Gasteiger partial charge is 0.257 e. The molecule has 5 atom stereocenters. The summed E-state index contributed by atoms with van der Waals surface area (Å²) in [6.07, 6.45) is 2.15. The van der Waals surface area contributed by atoms with Crippen molar-refractivity contribution in [3.63, 3.8) is 0 Å². The predicted molar refractivity (Wildman–Crippen MR) is 177 cm³/mol. The molecule has 1 amide bonds. The van der Waals surface area contributed by atoms with Crippen molar-refractivity contribution in [1.29, 1.82) is 0 Å². The van der Waals surface area contributed by atoms with Gasteiger partial charge in [0.15, 0.2) is 6.29 Å². The van der Waals surface area contributed by atoms with Gasteiger partial charge in [-0.05, 0) is 71.8 Å². The third-order valence-corrected chi connectivity index (χ3v) is 8.85. The highest BCUT2D eigenvalue weighted by Crippen LogP contribution is 2.42. The maximum absolute atomic E-state index is 12.8. The molecule has 0 saturated carbocycles. The average Bonchev–Trinajstić information content (AvgIpc) is 3.09. The maximum atomic E-state index is 12.8. The first-order valence-electron chi connectivity index (χ1n) is 15.4. The monoisotopic (exact) mass is 601 g/mol. The SMILES string of the molecule is C[C@H]1[C@@H](CN(C)[C@H](C)c2ccc3ccccc3c2)O[C@@H](c2cccc(NC(=O)c3cccnc3)c2)O[C@H]1c1ccc(CO)cc1. The van der Waals surface area contributed by atoms with Crippen molar-refractivity contribution in [2.24, 2.45) is 5.92 Å². The van der Waals surface area contributed by atoms with E-state index in [4.69, 9.17) is 9.47 Å². The van der Waals surface area contributed by atoms with E-state index in [0.29, 0.717) is 17.8 Å². The van der Waals surface area contributed by atoms with Gasteiger partial charge < -0.3 is 19.9 Å². The second-order valence-electron chi connectivity index (χ2n) is 11.9. The molecular weight excluding hydrogens is 562 g/mol. The summed E-state index contributed by atoms with van der Waals surface area (Å²) in [5.74, 6) is -0.190. The molecule has 6 rings (SSSR count). The molecule has 2 heterocycles. The fraction of sp³-hybridized carbons (Fsp3) is 0.263. The number of hydrogen-bond donors (Lipinski definition) is 2. The van der Waals surface area contributed by atoms with Crippen LogP contribution in [0.15, 0.2) is 116 Å². The van der Waals surface area contributed by atoms with Crippen LogP contribution < -0.4 is 5.32 Å². The number of nitrogens with one attached hydrogen (secondary N) is 1. The van der Waals surface area contributed by atoms with Crippen molar-refractivity contribution in [3.05, 3.63) is 143 Å². The number of anilines is 1. The van der Waals surface area contributed by atoms with Crippen LogP contribution in [-0.2, 0) is 16.1 Å². The predicted octanol–water partition coefficient (Wildman–Crippen LogP) is 7.46. The number of hydrogen-bond acceptors (Lipinski definition) is 6. The van der Waals surface area contributed by atoms with Crippen LogP contribution >= 0.6 is 0 Å². The zero-order valence-electron chi connectivity index (χ0n) is 25.8. The van der Waals surface area contributed by atoms with E-state index in [0.717, 1.165) is 16.7 Å². The molecule has 4 aromatic carbocycles. The summed E-state index contributed by atoms with van der Waals surface area (Å²) in [7, 11) is 2.14. The van der Waals surface area contributed by atoms with Crippen molar-refractivity contribution in [1.82, 2.24) is 9.88 Å². The first kappa shape index (κ1) is 30.6. The maximum Gasteiger partial charge on any atom is 0.257 e. The number of ether oxygens (including phenoxy) is 2. The third kappa shape index (κ3) is 6.97. The van der Waals surface area contributed by atoms with Gasteiger partial charge in [-0.3, -0.25) is 14.7 Å². The van der Waals surface area contributed by atoms with E-state index >= 15 is 0 Å². The molecular formula is C38H39N3O4. The van der Waals surface area contributed by atoms with Gasteiger partial charge in [-0.2, -0.15) is 0 Å². The molecule has 7 nitrogen and oxygen atoms in total. The van der Waals surface area contributed by atoms with Crippen LogP contribution in [0.2, 0.25) is 0 Å². The lowest BCUT2D eigenvalue weighted by atomic mass is 9.89. The van der Waals surface area contributed by atoms with Gasteiger partial charge in [0, 0.05) is 42.1 Å². The number of fused-ring (bicyclic) bond motifs is 1. The normalized spacial score (nSPS) is 20.6. The highest BCUT2D eigenvalue weighted by Gasteiger charge is 2.39. The lowest BCUT2D eigenvalue weighted by molar-refractivity contribution is -0.276. The molecule has 0 aliphatic carbocycles. The van der Waals surface area contributed by atoms with E-state index in [1.807, 2.05) is 48.5 Å². The molecule has 1 saturated heterocycles. The third-order valence-electron chi connectivity index (χ3n) is 8.85. The number of amides is 1. The number of carbonyl (C=O) groups excluding carboxylic acids is 1.